The van der Waals surface area contributed by atoms with Gasteiger partial charge in [0.1, 0.15) is 5.60 Å². The minimum atomic E-state index is -1.66. The van der Waals surface area contributed by atoms with Crippen molar-refractivity contribution in [2.45, 2.75) is 90.5 Å². The minimum absolute atomic E-state index is 0.202. The molecular formula is C22H38N2O6. The molecule has 8 nitrogen and oxygen atoms in total. The van der Waals surface area contributed by atoms with Gasteiger partial charge in [-0.05, 0) is 47.5 Å². The fourth-order valence-corrected chi connectivity index (χ4v) is 4.49. The van der Waals surface area contributed by atoms with Gasteiger partial charge in [-0.1, -0.05) is 25.5 Å². The number of nitrogens with zero attached hydrogens (tertiary/aromatic N) is 1. The molecule has 1 aliphatic heterocycles. The summed E-state index contributed by atoms with van der Waals surface area (Å²) in [5.41, 5.74) is -3.45. The van der Waals surface area contributed by atoms with Crippen LogP contribution < -0.4 is 5.32 Å². The van der Waals surface area contributed by atoms with Crippen molar-refractivity contribution in [1.29, 1.82) is 0 Å². The number of hydrogen-bond donors (Lipinski definition) is 2. The molecule has 0 radical (unpaired) electrons. The maximum atomic E-state index is 13.0. The number of methoxy groups -OCH3 is 1. The monoisotopic (exact) mass is 426 g/mol. The smallest absolute Gasteiger partial charge is 0.411 e. The normalized spacial score (nSPS) is 25.1. The van der Waals surface area contributed by atoms with Crippen LogP contribution in [0.1, 0.15) is 67.7 Å². The predicted molar refractivity (Wildman–Crippen MR) is 114 cm³/mol. The number of amides is 2. The van der Waals surface area contributed by atoms with Crippen LogP contribution in [0.15, 0.2) is 12.2 Å². The van der Waals surface area contributed by atoms with E-state index in [0.717, 1.165) is 6.42 Å². The van der Waals surface area contributed by atoms with Gasteiger partial charge in [0.25, 0.3) is 0 Å². The Kier molecular flexibility index (Phi) is 8.49. The molecular weight excluding hydrogens is 388 g/mol. The van der Waals surface area contributed by atoms with Gasteiger partial charge < -0.3 is 19.9 Å². The molecule has 1 saturated heterocycles. The van der Waals surface area contributed by atoms with Gasteiger partial charge in [-0.15, -0.1) is 0 Å². The molecule has 1 rings (SSSR count). The van der Waals surface area contributed by atoms with E-state index in [1.165, 1.54) is 25.0 Å². The van der Waals surface area contributed by atoms with Crippen molar-refractivity contribution in [1.82, 2.24) is 10.2 Å². The molecule has 0 saturated carbocycles. The Hall–Kier alpha value is -2.09. The first-order valence-electron chi connectivity index (χ1n) is 10.5. The molecule has 0 aromatic heterocycles. The van der Waals surface area contributed by atoms with Crippen molar-refractivity contribution >= 4 is 18.0 Å². The van der Waals surface area contributed by atoms with Crippen LogP contribution >= 0.6 is 0 Å². The van der Waals surface area contributed by atoms with Crippen molar-refractivity contribution < 1.29 is 29.0 Å². The van der Waals surface area contributed by atoms with E-state index < -0.39 is 40.8 Å². The first kappa shape index (κ1) is 25.9. The summed E-state index contributed by atoms with van der Waals surface area (Å²) >= 11 is 0. The lowest BCUT2D eigenvalue weighted by molar-refractivity contribution is -0.158. The highest BCUT2D eigenvalue weighted by Crippen LogP contribution is 2.47. The van der Waals surface area contributed by atoms with Gasteiger partial charge in [-0.3, -0.25) is 9.69 Å². The molecule has 1 fully saturated rings. The average molecular weight is 427 g/mol. The Labute approximate surface area is 180 Å². The molecule has 30 heavy (non-hydrogen) atoms. The Bertz CT molecular complexity index is 671. The van der Waals surface area contributed by atoms with E-state index in [9.17, 15) is 19.5 Å². The van der Waals surface area contributed by atoms with Gasteiger partial charge in [0.15, 0.2) is 5.54 Å². The van der Waals surface area contributed by atoms with Crippen LogP contribution in [0, 0.1) is 5.92 Å². The fraction of sp³-hybridized carbons (Fsp3) is 0.773. The molecule has 0 unspecified atom stereocenters. The molecule has 4 atom stereocenters. The third-order valence-corrected chi connectivity index (χ3v) is 5.77. The molecule has 172 valence electrons. The Balaban J connectivity index is 3.59. The molecule has 0 bridgehead atoms. The number of ether oxygens (including phenoxy) is 2. The number of hydrogen-bond acceptors (Lipinski definition) is 5. The molecule has 0 aromatic carbocycles. The summed E-state index contributed by atoms with van der Waals surface area (Å²) < 4.78 is 11.4. The zero-order chi connectivity index (χ0) is 23.3. The highest BCUT2D eigenvalue weighted by molar-refractivity contribution is 5.88. The fourth-order valence-electron chi connectivity index (χ4n) is 4.49. The second kappa shape index (κ2) is 9.81. The lowest BCUT2D eigenvalue weighted by Gasteiger charge is -2.47. The van der Waals surface area contributed by atoms with E-state index in [0.29, 0.717) is 12.8 Å². The molecule has 0 aromatic rings. The average Bonchev–Trinajstić information content (AvgIpc) is 3.00. The van der Waals surface area contributed by atoms with Gasteiger partial charge >= 0.3 is 12.1 Å². The maximum Gasteiger partial charge on any atom is 0.411 e. The third-order valence-electron chi connectivity index (χ3n) is 5.77. The van der Waals surface area contributed by atoms with Gasteiger partial charge in [-0.25, -0.2) is 9.59 Å². The first-order chi connectivity index (χ1) is 13.8. The van der Waals surface area contributed by atoms with Crippen molar-refractivity contribution in [3.63, 3.8) is 0 Å². The van der Waals surface area contributed by atoms with Crippen LogP contribution in [0.3, 0.4) is 0 Å². The molecule has 1 heterocycles. The Morgan fingerprint density at radius 2 is 1.90 bits per heavy atom. The van der Waals surface area contributed by atoms with E-state index in [1.807, 2.05) is 13.8 Å². The summed E-state index contributed by atoms with van der Waals surface area (Å²) in [5.74, 6) is -1.99. The third kappa shape index (κ3) is 5.14. The Morgan fingerprint density at radius 1 is 1.30 bits per heavy atom. The first-order valence-corrected chi connectivity index (χ1v) is 10.5. The van der Waals surface area contributed by atoms with Gasteiger partial charge in [-0.2, -0.15) is 0 Å². The lowest BCUT2D eigenvalue weighted by atomic mass is 9.69. The van der Waals surface area contributed by atoms with Crippen molar-refractivity contribution in [2.75, 3.05) is 13.7 Å². The summed E-state index contributed by atoms with van der Waals surface area (Å²) in [5, 5.41) is 13.3. The van der Waals surface area contributed by atoms with Crippen LogP contribution in [-0.2, 0) is 19.1 Å². The summed E-state index contributed by atoms with van der Waals surface area (Å²) in [7, 11) is 1.52. The van der Waals surface area contributed by atoms with Crippen LogP contribution in [0.5, 0.6) is 0 Å². The molecule has 0 aliphatic carbocycles. The van der Waals surface area contributed by atoms with E-state index in [2.05, 4.69) is 5.32 Å². The number of likely N-dealkylation sites (tertiary alicyclic amines) is 1. The highest BCUT2D eigenvalue weighted by Gasteiger charge is 2.63. The summed E-state index contributed by atoms with van der Waals surface area (Å²) in [6.45, 7) is 12.4. The highest BCUT2D eigenvalue weighted by atomic mass is 16.6. The number of carboxylic acids is 1. The number of carbonyl (C=O) groups excluding carboxylic acids is 2. The molecule has 2 N–H and O–H groups in total. The second-order valence-corrected chi connectivity index (χ2v) is 9.03. The zero-order valence-electron chi connectivity index (χ0n) is 19.6. The van der Waals surface area contributed by atoms with E-state index in [1.54, 1.807) is 33.8 Å². The summed E-state index contributed by atoms with van der Waals surface area (Å²) in [6.07, 6.45) is 4.25. The minimum Gasteiger partial charge on any atom is -0.479 e. The Morgan fingerprint density at radius 3 is 2.30 bits per heavy atom. The van der Waals surface area contributed by atoms with Crippen molar-refractivity contribution in [3.8, 4) is 0 Å². The SMILES string of the molecule is C/C=C\[C@]1(C(=O)O)[C@@H]([C@@](C)(OC)[C@H](CCC)NC(C)=O)CCN1C(=O)OC(C)(C)C. The molecule has 2 amide bonds. The standard InChI is InChI=1S/C22H38N2O6/c1-9-11-17(23-15(3)25)21(7,29-8)16-12-14-24(19(28)30-20(4,5)6)22(16,13-10-2)18(26)27/h10,13,16-17H,9,11-12,14H2,1-8H3,(H,23,25)(H,26,27)/b13-10-/t16-,17+,21-,22-/m1/s1. The second-order valence-electron chi connectivity index (χ2n) is 9.03. The zero-order valence-corrected chi connectivity index (χ0v) is 19.6. The molecule has 1 aliphatic rings. The number of carboxylic acid groups (broad SMARTS) is 1. The van der Waals surface area contributed by atoms with E-state index >= 15 is 0 Å². The topological polar surface area (TPSA) is 105 Å². The van der Waals surface area contributed by atoms with E-state index in [-0.39, 0.29) is 12.5 Å². The van der Waals surface area contributed by atoms with E-state index in [4.69, 9.17) is 9.47 Å². The summed E-state index contributed by atoms with van der Waals surface area (Å²) in [4.78, 5) is 38.9. The van der Waals surface area contributed by atoms with Crippen LogP contribution in [0.2, 0.25) is 0 Å². The molecule has 0 spiro atoms. The van der Waals surface area contributed by atoms with Crippen LogP contribution in [0.4, 0.5) is 4.79 Å². The number of nitrogens with one attached hydrogen (secondary N) is 1. The number of carbonyl (C=O) groups is 3. The lowest BCUT2D eigenvalue weighted by Crippen LogP contribution is -2.65. The maximum absolute atomic E-state index is 13.0. The van der Waals surface area contributed by atoms with Crippen molar-refractivity contribution in [2.24, 2.45) is 5.92 Å². The number of aliphatic carboxylic acids is 1. The van der Waals surface area contributed by atoms with Gasteiger partial charge in [0.2, 0.25) is 5.91 Å². The van der Waals surface area contributed by atoms with Crippen LogP contribution in [0.25, 0.3) is 0 Å². The largest absolute Gasteiger partial charge is 0.479 e. The number of rotatable bonds is 8. The van der Waals surface area contributed by atoms with Crippen LogP contribution in [-0.4, -0.2) is 64.4 Å². The van der Waals surface area contributed by atoms with Crippen molar-refractivity contribution in [3.05, 3.63) is 12.2 Å². The van der Waals surface area contributed by atoms with Gasteiger partial charge in [0, 0.05) is 26.5 Å². The summed E-state index contributed by atoms with van der Waals surface area (Å²) in [6, 6.07) is -0.419. The number of allylic oxidation sites excluding steroid dienone is 1. The quantitative estimate of drug-likeness (QED) is 0.577. The van der Waals surface area contributed by atoms with Gasteiger partial charge in [0.05, 0.1) is 11.6 Å². The predicted octanol–water partition coefficient (Wildman–Crippen LogP) is 3.35. The molecule has 8 heteroatoms.